The van der Waals surface area contributed by atoms with Crippen LogP contribution in [0.4, 0.5) is 10.2 Å². The molecule has 1 saturated carbocycles. The van der Waals surface area contributed by atoms with Crippen molar-refractivity contribution in [2.24, 2.45) is 0 Å². The van der Waals surface area contributed by atoms with Gasteiger partial charge in [-0.05, 0) is 55.7 Å². The number of hydrogen-bond acceptors (Lipinski definition) is 4. The molecule has 3 aromatic carbocycles. The number of carbonyl (C=O) groups excluding carboxylic acids is 1. The summed E-state index contributed by atoms with van der Waals surface area (Å²) in [4.78, 5) is 22.0. The highest BCUT2D eigenvalue weighted by atomic mass is 35.5. The average Bonchev–Trinajstić information content (AvgIpc) is 3.56. The zero-order valence-corrected chi connectivity index (χ0v) is 20.3. The number of hydrogen-bond donors (Lipinski definition) is 2. The predicted octanol–water partition coefficient (Wildman–Crippen LogP) is 6.15. The van der Waals surface area contributed by atoms with Gasteiger partial charge < -0.3 is 10.6 Å². The molecule has 1 fully saturated rings. The number of imidazole rings is 1. The molecule has 36 heavy (non-hydrogen) atoms. The van der Waals surface area contributed by atoms with Crippen LogP contribution < -0.4 is 10.6 Å². The molecule has 1 amide bonds. The number of anilines is 1. The molecule has 1 aliphatic rings. The number of rotatable bonds is 6. The lowest BCUT2D eigenvalue weighted by Gasteiger charge is -2.13. The highest BCUT2D eigenvalue weighted by Crippen LogP contribution is 2.32. The molecule has 6 nitrogen and oxygen atoms in total. The Morgan fingerprint density at radius 1 is 1.14 bits per heavy atom. The first-order valence-electron chi connectivity index (χ1n) is 11.8. The quantitative estimate of drug-likeness (QED) is 0.294. The van der Waals surface area contributed by atoms with Crippen LogP contribution >= 0.6 is 11.6 Å². The van der Waals surface area contributed by atoms with Gasteiger partial charge in [0.25, 0.3) is 5.91 Å². The Morgan fingerprint density at radius 2 is 1.97 bits per heavy atom. The van der Waals surface area contributed by atoms with Crippen LogP contribution in [0.5, 0.6) is 0 Å². The molecule has 0 unspecified atom stereocenters. The highest BCUT2D eigenvalue weighted by molar-refractivity contribution is 6.34. The van der Waals surface area contributed by atoms with Crippen LogP contribution in [-0.4, -0.2) is 26.3 Å². The Kier molecular flexibility index (Phi) is 5.57. The Labute approximate surface area is 212 Å². The molecule has 2 heterocycles. The van der Waals surface area contributed by atoms with Crippen LogP contribution in [-0.2, 0) is 6.54 Å². The number of carbonyl (C=O) groups is 1. The molecule has 0 aliphatic heterocycles. The normalized spacial score (nSPS) is 13.3. The van der Waals surface area contributed by atoms with Gasteiger partial charge in [0, 0.05) is 23.7 Å². The summed E-state index contributed by atoms with van der Waals surface area (Å²) >= 11 is 6.55. The SMILES string of the molecule is Cc1ccc2c(c1)nc(NCc1ccccc1F)c1ncc(-c3ccc(C(=O)NC4CC4)c(Cl)c3)n12. The Bertz CT molecular complexity index is 1640. The van der Waals surface area contributed by atoms with Crippen LogP contribution in [0, 0.1) is 12.7 Å². The lowest BCUT2D eigenvalue weighted by molar-refractivity contribution is 0.0951. The van der Waals surface area contributed by atoms with Crippen LogP contribution in [0.3, 0.4) is 0 Å². The van der Waals surface area contributed by atoms with Crippen molar-refractivity contribution >= 4 is 40.0 Å². The summed E-state index contributed by atoms with van der Waals surface area (Å²) in [7, 11) is 0. The summed E-state index contributed by atoms with van der Waals surface area (Å²) < 4.78 is 16.2. The van der Waals surface area contributed by atoms with Gasteiger partial charge >= 0.3 is 0 Å². The fraction of sp³-hybridized carbons (Fsp3) is 0.179. The molecule has 0 bridgehead atoms. The van der Waals surface area contributed by atoms with E-state index >= 15 is 0 Å². The first-order chi connectivity index (χ1) is 17.5. The van der Waals surface area contributed by atoms with Gasteiger partial charge in [-0.1, -0.05) is 41.9 Å². The predicted molar refractivity (Wildman–Crippen MR) is 140 cm³/mol. The topological polar surface area (TPSA) is 71.3 Å². The molecule has 180 valence electrons. The van der Waals surface area contributed by atoms with Gasteiger partial charge in [-0.2, -0.15) is 0 Å². The van der Waals surface area contributed by atoms with Crippen molar-refractivity contribution < 1.29 is 9.18 Å². The fourth-order valence-electron chi connectivity index (χ4n) is 4.34. The molecule has 1 aliphatic carbocycles. The molecule has 0 atom stereocenters. The third-order valence-corrected chi connectivity index (χ3v) is 6.72. The molecule has 6 rings (SSSR count). The van der Waals surface area contributed by atoms with Crippen molar-refractivity contribution in [1.82, 2.24) is 19.7 Å². The number of halogens is 2. The zero-order valence-electron chi connectivity index (χ0n) is 19.6. The summed E-state index contributed by atoms with van der Waals surface area (Å²) in [6.07, 6.45) is 3.79. The van der Waals surface area contributed by atoms with E-state index in [1.165, 1.54) is 6.07 Å². The lowest BCUT2D eigenvalue weighted by atomic mass is 10.1. The summed E-state index contributed by atoms with van der Waals surface area (Å²) in [6, 6.07) is 18.4. The van der Waals surface area contributed by atoms with Gasteiger partial charge in [-0.3, -0.25) is 9.20 Å². The van der Waals surface area contributed by atoms with E-state index in [-0.39, 0.29) is 24.3 Å². The largest absolute Gasteiger partial charge is 0.363 e. The van der Waals surface area contributed by atoms with Gasteiger partial charge in [0.05, 0.1) is 33.5 Å². The summed E-state index contributed by atoms with van der Waals surface area (Å²) in [6.45, 7) is 2.28. The number of benzene rings is 3. The second-order valence-electron chi connectivity index (χ2n) is 9.14. The first-order valence-corrected chi connectivity index (χ1v) is 12.2. The summed E-state index contributed by atoms with van der Waals surface area (Å²) in [5, 5.41) is 6.63. The van der Waals surface area contributed by atoms with Crippen LogP contribution in [0.15, 0.2) is 66.9 Å². The minimum absolute atomic E-state index is 0.156. The molecule has 5 aromatic rings. The number of aromatic nitrogens is 3. The summed E-state index contributed by atoms with van der Waals surface area (Å²) in [5.41, 5.74) is 5.98. The molecule has 0 spiro atoms. The van der Waals surface area contributed by atoms with E-state index in [1.54, 1.807) is 36.5 Å². The van der Waals surface area contributed by atoms with Crippen LogP contribution in [0.1, 0.15) is 34.3 Å². The third-order valence-electron chi connectivity index (χ3n) is 6.40. The van der Waals surface area contributed by atoms with E-state index in [9.17, 15) is 9.18 Å². The van der Waals surface area contributed by atoms with Gasteiger partial charge in [-0.25, -0.2) is 14.4 Å². The van der Waals surface area contributed by atoms with E-state index in [1.807, 2.05) is 35.6 Å². The minimum Gasteiger partial charge on any atom is -0.363 e. The minimum atomic E-state index is -0.276. The molecule has 2 aromatic heterocycles. The van der Waals surface area contributed by atoms with E-state index in [0.717, 1.165) is 40.7 Å². The standard InChI is InChI=1S/C28H23ClFN5O/c1-16-6-11-24-23(12-16)34-26(31-14-18-4-2-3-5-22(18)30)27-32-15-25(35(24)27)17-7-10-20(21(29)13-17)28(36)33-19-8-9-19/h2-7,10-13,15,19H,8-9,14H2,1H3,(H,31,34)(H,33,36). The monoisotopic (exact) mass is 499 g/mol. The first kappa shape index (κ1) is 22.5. The van der Waals surface area contributed by atoms with Crippen LogP contribution in [0.25, 0.3) is 27.9 Å². The lowest BCUT2D eigenvalue weighted by Crippen LogP contribution is -2.25. The number of nitrogens with zero attached hydrogens (tertiary/aromatic N) is 3. The maximum absolute atomic E-state index is 14.2. The highest BCUT2D eigenvalue weighted by Gasteiger charge is 2.25. The molecule has 0 radical (unpaired) electrons. The van der Waals surface area contributed by atoms with Crippen molar-refractivity contribution in [1.29, 1.82) is 0 Å². The van der Waals surface area contributed by atoms with Crippen molar-refractivity contribution in [3.05, 3.63) is 94.4 Å². The maximum atomic E-state index is 14.2. The van der Waals surface area contributed by atoms with Gasteiger partial charge in [0.2, 0.25) is 0 Å². The zero-order chi connectivity index (χ0) is 24.8. The van der Waals surface area contributed by atoms with Crippen molar-refractivity contribution in [2.45, 2.75) is 32.4 Å². The molecule has 8 heteroatoms. The second kappa shape index (κ2) is 8.91. The number of fused-ring (bicyclic) bond motifs is 3. The molecular formula is C28H23ClFN5O. The van der Waals surface area contributed by atoms with E-state index in [4.69, 9.17) is 16.6 Å². The number of aryl methyl sites for hydroxylation is 1. The maximum Gasteiger partial charge on any atom is 0.253 e. The average molecular weight is 500 g/mol. The van der Waals surface area contributed by atoms with Gasteiger partial charge in [0.1, 0.15) is 5.82 Å². The number of nitrogens with one attached hydrogen (secondary N) is 2. The van der Waals surface area contributed by atoms with Gasteiger partial charge in [0.15, 0.2) is 11.5 Å². The van der Waals surface area contributed by atoms with Crippen LogP contribution in [0.2, 0.25) is 5.02 Å². The van der Waals surface area contributed by atoms with E-state index in [2.05, 4.69) is 15.6 Å². The summed E-state index contributed by atoms with van der Waals surface area (Å²) in [5.74, 6) is 0.119. The third kappa shape index (κ3) is 4.16. The molecule has 2 N–H and O–H groups in total. The molecule has 0 saturated heterocycles. The second-order valence-corrected chi connectivity index (χ2v) is 9.55. The Hall–Kier alpha value is -3.97. The van der Waals surface area contributed by atoms with Crippen molar-refractivity contribution in [2.75, 3.05) is 5.32 Å². The molecular weight excluding hydrogens is 477 g/mol. The number of amides is 1. The van der Waals surface area contributed by atoms with E-state index < -0.39 is 0 Å². The Balaban J connectivity index is 1.44. The van der Waals surface area contributed by atoms with Gasteiger partial charge in [-0.15, -0.1) is 0 Å². The van der Waals surface area contributed by atoms with Crippen molar-refractivity contribution in [3.63, 3.8) is 0 Å². The van der Waals surface area contributed by atoms with Crippen molar-refractivity contribution in [3.8, 4) is 11.3 Å². The fourth-order valence-corrected chi connectivity index (χ4v) is 4.60. The van der Waals surface area contributed by atoms with E-state index in [0.29, 0.717) is 27.6 Å². The Morgan fingerprint density at radius 3 is 2.75 bits per heavy atom. The smallest absolute Gasteiger partial charge is 0.253 e.